The van der Waals surface area contributed by atoms with Gasteiger partial charge in [0.2, 0.25) is 5.91 Å². The Labute approximate surface area is 91.1 Å². The van der Waals surface area contributed by atoms with Crippen molar-refractivity contribution in [2.45, 2.75) is 46.6 Å². The summed E-state index contributed by atoms with van der Waals surface area (Å²) in [6, 6.07) is -0.781. The zero-order chi connectivity index (χ0) is 12.0. The van der Waals surface area contributed by atoms with Gasteiger partial charge in [-0.1, -0.05) is 34.1 Å². The van der Waals surface area contributed by atoms with Gasteiger partial charge in [0.05, 0.1) is 0 Å². The van der Waals surface area contributed by atoms with Crippen LogP contribution in [0.25, 0.3) is 0 Å². The Morgan fingerprint density at radius 1 is 1.27 bits per heavy atom. The molecule has 0 bridgehead atoms. The highest BCUT2D eigenvalue weighted by Crippen LogP contribution is 2.08. The summed E-state index contributed by atoms with van der Waals surface area (Å²) in [4.78, 5) is 22.4. The maximum Gasteiger partial charge on any atom is 0.326 e. The number of hydrogen-bond donors (Lipinski definition) is 2. The van der Waals surface area contributed by atoms with Crippen molar-refractivity contribution in [3.63, 3.8) is 0 Å². The second-order valence-corrected chi connectivity index (χ2v) is 4.26. The van der Waals surface area contributed by atoms with E-state index in [9.17, 15) is 9.59 Å². The average molecular weight is 215 g/mol. The zero-order valence-corrected chi connectivity index (χ0v) is 9.91. The topological polar surface area (TPSA) is 66.4 Å². The summed E-state index contributed by atoms with van der Waals surface area (Å²) in [5, 5.41) is 11.5. The SMILES string of the molecule is CCCC(C)C(=O)N[C@H](C(=O)O)C(C)C. The molecule has 88 valence electrons. The van der Waals surface area contributed by atoms with E-state index < -0.39 is 12.0 Å². The van der Waals surface area contributed by atoms with Crippen LogP contribution in [0.4, 0.5) is 0 Å². The van der Waals surface area contributed by atoms with Crippen LogP contribution in [-0.4, -0.2) is 23.0 Å². The molecule has 15 heavy (non-hydrogen) atoms. The average Bonchev–Trinajstić information content (AvgIpc) is 2.12. The molecule has 0 spiro atoms. The highest BCUT2D eigenvalue weighted by molar-refractivity contribution is 5.84. The summed E-state index contributed by atoms with van der Waals surface area (Å²) < 4.78 is 0. The minimum atomic E-state index is -0.970. The molecule has 0 aromatic rings. The van der Waals surface area contributed by atoms with Crippen molar-refractivity contribution < 1.29 is 14.7 Å². The Balaban J connectivity index is 4.29. The zero-order valence-electron chi connectivity index (χ0n) is 9.91. The first-order valence-electron chi connectivity index (χ1n) is 5.43. The number of amides is 1. The predicted molar refractivity (Wildman–Crippen MR) is 58.5 cm³/mol. The molecule has 2 N–H and O–H groups in total. The molecule has 0 saturated heterocycles. The molecule has 2 atom stereocenters. The molecule has 0 heterocycles. The molecular formula is C11H21NO3. The summed E-state index contributed by atoms with van der Waals surface area (Å²) in [6.45, 7) is 7.38. The number of carbonyl (C=O) groups excluding carboxylic acids is 1. The van der Waals surface area contributed by atoms with Gasteiger partial charge in [-0.2, -0.15) is 0 Å². The molecule has 0 aromatic heterocycles. The molecule has 1 amide bonds. The van der Waals surface area contributed by atoms with Crippen LogP contribution in [0.15, 0.2) is 0 Å². The van der Waals surface area contributed by atoms with E-state index in [4.69, 9.17) is 5.11 Å². The number of carboxylic acids is 1. The fraction of sp³-hybridized carbons (Fsp3) is 0.818. The predicted octanol–water partition coefficient (Wildman–Crippen LogP) is 1.65. The van der Waals surface area contributed by atoms with E-state index in [2.05, 4.69) is 5.32 Å². The monoisotopic (exact) mass is 215 g/mol. The lowest BCUT2D eigenvalue weighted by molar-refractivity contribution is -0.143. The molecule has 0 fully saturated rings. The van der Waals surface area contributed by atoms with Gasteiger partial charge in [0.15, 0.2) is 0 Å². The van der Waals surface area contributed by atoms with Gasteiger partial charge in [0.25, 0.3) is 0 Å². The number of carbonyl (C=O) groups is 2. The van der Waals surface area contributed by atoms with E-state index in [0.717, 1.165) is 12.8 Å². The third-order valence-electron chi connectivity index (χ3n) is 2.40. The molecule has 4 nitrogen and oxygen atoms in total. The van der Waals surface area contributed by atoms with Gasteiger partial charge >= 0.3 is 5.97 Å². The van der Waals surface area contributed by atoms with Crippen molar-refractivity contribution in [3.8, 4) is 0 Å². The van der Waals surface area contributed by atoms with Crippen molar-refractivity contribution in [1.82, 2.24) is 5.32 Å². The van der Waals surface area contributed by atoms with Gasteiger partial charge in [0, 0.05) is 5.92 Å². The van der Waals surface area contributed by atoms with Crippen molar-refractivity contribution in [2.24, 2.45) is 11.8 Å². The van der Waals surface area contributed by atoms with Crippen LogP contribution >= 0.6 is 0 Å². The van der Waals surface area contributed by atoms with Gasteiger partial charge in [-0.25, -0.2) is 4.79 Å². The molecule has 0 aromatic carbocycles. The molecule has 4 heteroatoms. The standard InChI is InChI=1S/C11H21NO3/c1-5-6-8(4)10(13)12-9(7(2)3)11(14)15/h7-9H,5-6H2,1-4H3,(H,12,13)(H,14,15)/t8?,9-/m0/s1. The number of nitrogens with one attached hydrogen (secondary N) is 1. The number of carboxylic acid groups (broad SMARTS) is 1. The van der Waals surface area contributed by atoms with Crippen molar-refractivity contribution >= 4 is 11.9 Å². The van der Waals surface area contributed by atoms with E-state index >= 15 is 0 Å². The molecule has 1 unspecified atom stereocenters. The Hall–Kier alpha value is -1.06. The lowest BCUT2D eigenvalue weighted by Gasteiger charge is -2.20. The lowest BCUT2D eigenvalue weighted by atomic mass is 10.0. The summed E-state index contributed by atoms with van der Waals surface area (Å²) in [5.74, 6) is -1.35. The minimum Gasteiger partial charge on any atom is -0.480 e. The normalized spacial score (nSPS) is 14.7. The van der Waals surface area contributed by atoms with E-state index in [1.54, 1.807) is 13.8 Å². The van der Waals surface area contributed by atoms with E-state index in [-0.39, 0.29) is 17.7 Å². The van der Waals surface area contributed by atoms with Gasteiger partial charge in [-0.15, -0.1) is 0 Å². The van der Waals surface area contributed by atoms with E-state index in [1.165, 1.54) is 0 Å². The van der Waals surface area contributed by atoms with Crippen LogP contribution < -0.4 is 5.32 Å². The molecule has 0 aliphatic heterocycles. The second-order valence-electron chi connectivity index (χ2n) is 4.26. The van der Waals surface area contributed by atoms with Crippen LogP contribution in [0.5, 0.6) is 0 Å². The minimum absolute atomic E-state index is 0.0970. The lowest BCUT2D eigenvalue weighted by Crippen LogP contribution is -2.46. The molecule has 0 radical (unpaired) electrons. The van der Waals surface area contributed by atoms with Crippen LogP contribution in [0.1, 0.15) is 40.5 Å². The molecule has 0 saturated carbocycles. The van der Waals surface area contributed by atoms with Crippen molar-refractivity contribution in [1.29, 1.82) is 0 Å². The van der Waals surface area contributed by atoms with Crippen LogP contribution in [0, 0.1) is 11.8 Å². The first-order chi connectivity index (χ1) is 6.90. The largest absolute Gasteiger partial charge is 0.480 e. The number of hydrogen-bond acceptors (Lipinski definition) is 2. The van der Waals surface area contributed by atoms with Crippen LogP contribution in [-0.2, 0) is 9.59 Å². The number of rotatable bonds is 6. The summed E-state index contributed by atoms with van der Waals surface area (Å²) in [7, 11) is 0. The van der Waals surface area contributed by atoms with Gasteiger partial charge in [0.1, 0.15) is 6.04 Å². The van der Waals surface area contributed by atoms with Gasteiger partial charge in [-0.3, -0.25) is 4.79 Å². The fourth-order valence-corrected chi connectivity index (χ4v) is 1.37. The molecule has 0 rings (SSSR count). The maximum absolute atomic E-state index is 11.6. The first-order valence-corrected chi connectivity index (χ1v) is 5.43. The smallest absolute Gasteiger partial charge is 0.326 e. The van der Waals surface area contributed by atoms with E-state index in [1.807, 2.05) is 13.8 Å². The van der Waals surface area contributed by atoms with Crippen molar-refractivity contribution in [2.75, 3.05) is 0 Å². The Bertz CT molecular complexity index is 226. The Morgan fingerprint density at radius 2 is 1.80 bits per heavy atom. The van der Waals surface area contributed by atoms with Crippen LogP contribution in [0.2, 0.25) is 0 Å². The highest BCUT2D eigenvalue weighted by Gasteiger charge is 2.25. The molecule has 0 aliphatic rings. The fourth-order valence-electron chi connectivity index (χ4n) is 1.37. The molecular weight excluding hydrogens is 194 g/mol. The maximum atomic E-state index is 11.6. The van der Waals surface area contributed by atoms with Gasteiger partial charge in [-0.05, 0) is 12.3 Å². The molecule has 0 aliphatic carbocycles. The second kappa shape index (κ2) is 6.43. The Morgan fingerprint density at radius 3 is 2.13 bits per heavy atom. The van der Waals surface area contributed by atoms with Gasteiger partial charge < -0.3 is 10.4 Å². The Kier molecular flexibility index (Phi) is 5.97. The van der Waals surface area contributed by atoms with E-state index in [0.29, 0.717) is 0 Å². The highest BCUT2D eigenvalue weighted by atomic mass is 16.4. The third kappa shape index (κ3) is 4.81. The summed E-state index contributed by atoms with van der Waals surface area (Å²) in [6.07, 6.45) is 1.71. The third-order valence-corrected chi connectivity index (χ3v) is 2.40. The quantitative estimate of drug-likeness (QED) is 0.708. The summed E-state index contributed by atoms with van der Waals surface area (Å²) in [5.41, 5.74) is 0. The first kappa shape index (κ1) is 13.9. The summed E-state index contributed by atoms with van der Waals surface area (Å²) >= 11 is 0. The van der Waals surface area contributed by atoms with Crippen molar-refractivity contribution in [3.05, 3.63) is 0 Å². The number of aliphatic carboxylic acids is 1. The van der Waals surface area contributed by atoms with Crippen LogP contribution in [0.3, 0.4) is 0 Å².